The molecule has 0 bridgehead atoms. The molecule has 2 heterocycles. The predicted molar refractivity (Wildman–Crippen MR) is 86.7 cm³/mol. The monoisotopic (exact) mass is 288 g/mol. The van der Waals surface area contributed by atoms with Crippen LogP contribution >= 0.6 is 0 Å². The van der Waals surface area contributed by atoms with Gasteiger partial charge in [0.1, 0.15) is 0 Å². The number of hydrogen-bond acceptors (Lipinski definition) is 4. The summed E-state index contributed by atoms with van der Waals surface area (Å²) in [6.45, 7) is 3.32. The highest BCUT2D eigenvalue weighted by atomic mass is 16.1. The Bertz CT molecular complexity index is 557. The van der Waals surface area contributed by atoms with Crippen molar-refractivity contribution in [3.63, 3.8) is 0 Å². The van der Waals surface area contributed by atoms with Crippen molar-refractivity contribution in [3.05, 3.63) is 17.7 Å². The fourth-order valence-electron chi connectivity index (χ4n) is 3.43. The Labute approximate surface area is 126 Å². The summed E-state index contributed by atoms with van der Waals surface area (Å²) in [5, 5.41) is 2.95. The van der Waals surface area contributed by atoms with Gasteiger partial charge in [-0.2, -0.15) is 0 Å². The van der Waals surface area contributed by atoms with Crippen molar-refractivity contribution in [1.29, 1.82) is 0 Å². The first-order chi connectivity index (χ1) is 10.0. The van der Waals surface area contributed by atoms with Crippen LogP contribution in [-0.4, -0.2) is 44.5 Å². The first-order valence-electron chi connectivity index (χ1n) is 7.65. The number of hydrogen-bond donors (Lipinski definition) is 2. The van der Waals surface area contributed by atoms with Gasteiger partial charge in [0, 0.05) is 32.2 Å². The van der Waals surface area contributed by atoms with Gasteiger partial charge in [-0.1, -0.05) is 0 Å². The van der Waals surface area contributed by atoms with Gasteiger partial charge < -0.3 is 20.9 Å². The van der Waals surface area contributed by atoms with Crippen LogP contribution in [0.2, 0.25) is 0 Å². The lowest BCUT2D eigenvalue weighted by Crippen LogP contribution is -2.28. The molecule has 3 N–H and O–H groups in total. The molecule has 1 unspecified atom stereocenters. The first kappa shape index (κ1) is 14.2. The molecule has 2 aliphatic heterocycles. The van der Waals surface area contributed by atoms with Crippen molar-refractivity contribution < 1.29 is 4.79 Å². The zero-order chi connectivity index (χ0) is 15.0. The summed E-state index contributed by atoms with van der Waals surface area (Å²) in [6, 6.07) is 4.04. The van der Waals surface area contributed by atoms with Crippen LogP contribution in [0, 0.1) is 5.92 Å². The highest BCUT2D eigenvalue weighted by Crippen LogP contribution is 2.33. The second-order valence-corrected chi connectivity index (χ2v) is 6.41. The molecule has 1 atom stereocenters. The van der Waals surface area contributed by atoms with Crippen molar-refractivity contribution in [2.75, 3.05) is 49.7 Å². The number of anilines is 3. The minimum atomic E-state index is 0.0956. The molecule has 1 saturated heterocycles. The van der Waals surface area contributed by atoms with Gasteiger partial charge in [0.15, 0.2) is 0 Å². The van der Waals surface area contributed by atoms with E-state index in [1.54, 1.807) is 0 Å². The zero-order valence-corrected chi connectivity index (χ0v) is 12.9. The Morgan fingerprint density at radius 1 is 1.43 bits per heavy atom. The Morgan fingerprint density at radius 3 is 2.95 bits per heavy atom. The van der Waals surface area contributed by atoms with E-state index in [1.807, 2.05) is 12.1 Å². The average Bonchev–Trinajstić information content (AvgIpc) is 2.83. The standard InChI is InChI=1S/C16H24N4O/c1-19-6-5-11(9-19)10-20(2)15-8-14-12(7-13(15)17)3-4-16(21)18-14/h7-8,11H,3-6,9-10,17H2,1-2H3,(H,18,21). The molecule has 1 aromatic carbocycles. The minimum Gasteiger partial charge on any atom is -0.397 e. The first-order valence-corrected chi connectivity index (χ1v) is 7.65. The van der Waals surface area contributed by atoms with Gasteiger partial charge in [0.2, 0.25) is 5.91 Å². The largest absolute Gasteiger partial charge is 0.397 e. The van der Waals surface area contributed by atoms with Gasteiger partial charge in [-0.05, 0) is 50.0 Å². The van der Waals surface area contributed by atoms with E-state index in [-0.39, 0.29) is 5.91 Å². The maximum atomic E-state index is 11.5. The molecule has 1 amide bonds. The third-order valence-electron chi connectivity index (χ3n) is 4.58. The summed E-state index contributed by atoms with van der Waals surface area (Å²) in [5.41, 5.74) is 10.1. The van der Waals surface area contributed by atoms with E-state index >= 15 is 0 Å². The van der Waals surface area contributed by atoms with Crippen molar-refractivity contribution in [1.82, 2.24) is 4.90 Å². The summed E-state index contributed by atoms with van der Waals surface area (Å²) < 4.78 is 0. The van der Waals surface area contributed by atoms with Crippen molar-refractivity contribution >= 4 is 23.0 Å². The fourth-order valence-corrected chi connectivity index (χ4v) is 3.43. The van der Waals surface area contributed by atoms with Gasteiger partial charge in [0.05, 0.1) is 11.4 Å². The number of nitrogens with one attached hydrogen (secondary N) is 1. The molecule has 5 heteroatoms. The maximum Gasteiger partial charge on any atom is 0.224 e. The van der Waals surface area contributed by atoms with E-state index in [0.717, 1.165) is 42.1 Å². The van der Waals surface area contributed by atoms with Crippen LogP contribution in [0.5, 0.6) is 0 Å². The number of benzene rings is 1. The van der Waals surface area contributed by atoms with Crippen LogP contribution in [0.15, 0.2) is 12.1 Å². The Balaban J connectivity index is 1.78. The number of nitrogen functional groups attached to an aromatic ring is 1. The number of nitrogens with zero attached hydrogens (tertiary/aromatic N) is 2. The number of fused-ring (bicyclic) bond motifs is 1. The molecular weight excluding hydrogens is 264 g/mol. The number of likely N-dealkylation sites (tertiary alicyclic amines) is 1. The smallest absolute Gasteiger partial charge is 0.224 e. The molecule has 0 aliphatic carbocycles. The van der Waals surface area contributed by atoms with Crippen LogP contribution in [0.4, 0.5) is 17.1 Å². The quantitative estimate of drug-likeness (QED) is 0.828. The van der Waals surface area contributed by atoms with Crippen LogP contribution in [-0.2, 0) is 11.2 Å². The third kappa shape index (κ3) is 2.97. The second kappa shape index (κ2) is 5.56. The molecule has 2 aliphatic rings. The molecule has 3 rings (SSSR count). The molecule has 1 fully saturated rings. The molecule has 21 heavy (non-hydrogen) atoms. The number of amides is 1. The molecule has 114 valence electrons. The number of carbonyl (C=O) groups excluding carboxylic acids is 1. The number of nitrogens with two attached hydrogens (primary N) is 1. The third-order valence-corrected chi connectivity index (χ3v) is 4.58. The topological polar surface area (TPSA) is 61.6 Å². The predicted octanol–water partition coefficient (Wildman–Crippen LogP) is 1.54. The van der Waals surface area contributed by atoms with Gasteiger partial charge in [-0.3, -0.25) is 4.79 Å². The van der Waals surface area contributed by atoms with Crippen LogP contribution in [0.25, 0.3) is 0 Å². The summed E-state index contributed by atoms with van der Waals surface area (Å²) in [6.07, 6.45) is 2.57. The summed E-state index contributed by atoms with van der Waals surface area (Å²) >= 11 is 0. The average molecular weight is 288 g/mol. The molecule has 0 spiro atoms. The molecular formula is C16H24N4O. The molecule has 1 aromatic rings. The SMILES string of the molecule is CN1CCC(CN(C)c2cc3c(cc2N)CCC(=O)N3)C1. The lowest BCUT2D eigenvalue weighted by Gasteiger charge is -2.27. The zero-order valence-electron chi connectivity index (χ0n) is 12.9. The minimum absolute atomic E-state index is 0.0956. The van der Waals surface area contributed by atoms with E-state index < -0.39 is 0 Å². The van der Waals surface area contributed by atoms with Crippen molar-refractivity contribution in [2.24, 2.45) is 5.92 Å². The van der Waals surface area contributed by atoms with Crippen molar-refractivity contribution in [3.8, 4) is 0 Å². The number of rotatable bonds is 3. The number of carbonyl (C=O) groups is 1. The van der Waals surface area contributed by atoms with Gasteiger partial charge >= 0.3 is 0 Å². The van der Waals surface area contributed by atoms with E-state index in [1.165, 1.54) is 13.0 Å². The summed E-state index contributed by atoms with van der Waals surface area (Å²) in [7, 11) is 4.25. The molecule has 0 saturated carbocycles. The molecule has 0 radical (unpaired) electrons. The molecule has 5 nitrogen and oxygen atoms in total. The lowest BCUT2D eigenvalue weighted by atomic mass is 10.0. The van der Waals surface area contributed by atoms with Crippen LogP contribution < -0.4 is 16.0 Å². The van der Waals surface area contributed by atoms with Crippen molar-refractivity contribution in [2.45, 2.75) is 19.3 Å². The van der Waals surface area contributed by atoms with Gasteiger partial charge in [-0.25, -0.2) is 0 Å². The van der Waals surface area contributed by atoms with E-state index in [9.17, 15) is 4.79 Å². The Kier molecular flexibility index (Phi) is 3.76. The normalized spacial score (nSPS) is 22.0. The van der Waals surface area contributed by atoms with Crippen LogP contribution in [0.1, 0.15) is 18.4 Å². The fraction of sp³-hybridized carbons (Fsp3) is 0.562. The second-order valence-electron chi connectivity index (χ2n) is 6.41. The van der Waals surface area contributed by atoms with E-state index in [2.05, 4.69) is 29.2 Å². The van der Waals surface area contributed by atoms with Gasteiger partial charge in [0.25, 0.3) is 0 Å². The summed E-state index contributed by atoms with van der Waals surface area (Å²) in [4.78, 5) is 16.1. The Morgan fingerprint density at radius 2 is 2.24 bits per heavy atom. The summed E-state index contributed by atoms with van der Waals surface area (Å²) in [5.74, 6) is 0.781. The number of aryl methyl sites for hydroxylation is 1. The molecule has 0 aromatic heterocycles. The maximum absolute atomic E-state index is 11.5. The van der Waals surface area contributed by atoms with Gasteiger partial charge in [-0.15, -0.1) is 0 Å². The van der Waals surface area contributed by atoms with E-state index in [0.29, 0.717) is 12.3 Å². The highest BCUT2D eigenvalue weighted by Gasteiger charge is 2.23. The Hall–Kier alpha value is -1.75. The van der Waals surface area contributed by atoms with Crippen LogP contribution in [0.3, 0.4) is 0 Å². The van der Waals surface area contributed by atoms with E-state index in [4.69, 9.17) is 5.73 Å². The highest BCUT2D eigenvalue weighted by molar-refractivity contribution is 5.95. The lowest BCUT2D eigenvalue weighted by molar-refractivity contribution is -0.116.